The van der Waals surface area contributed by atoms with E-state index in [1.165, 1.54) is 0 Å². The number of fused-ring (bicyclic) bond motifs is 1. The molecule has 0 unspecified atom stereocenters. The van der Waals surface area contributed by atoms with Crippen molar-refractivity contribution < 1.29 is 13.9 Å². The first-order valence-corrected chi connectivity index (χ1v) is 7.27. The Hall–Kier alpha value is -3.02. The number of ether oxygens (including phenoxy) is 1. The summed E-state index contributed by atoms with van der Waals surface area (Å²) in [6, 6.07) is 14.6. The number of hydrogen-bond donors (Lipinski definition) is 2. The molecule has 2 aromatic carbocycles. The molecule has 6 nitrogen and oxygen atoms in total. The van der Waals surface area contributed by atoms with Crippen LogP contribution in [-0.2, 0) is 11.2 Å². The Kier molecular flexibility index (Phi) is 4.42. The van der Waals surface area contributed by atoms with E-state index in [2.05, 4.69) is 10.3 Å². The van der Waals surface area contributed by atoms with Crippen molar-refractivity contribution in [3.05, 3.63) is 64.6 Å². The SMILES string of the molecule is O=C(COc1ccccc1)NCCc1ccc2oc(=O)[nH]c2c1. The van der Waals surface area contributed by atoms with Gasteiger partial charge < -0.3 is 14.5 Å². The maximum absolute atomic E-state index is 11.7. The number of carbonyl (C=O) groups excluding carboxylic acids is 1. The number of nitrogens with one attached hydrogen (secondary N) is 2. The van der Waals surface area contributed by atoms with Crippen molar-refractivity contribution in [2.45, 2.75) is 6.42 Å². The molecule has 0 saturated carbocycles. The smallest absolute Gasteiger partial charge is 0.417 e. The fourth-order valence-electron chi connectivity index (χ4n) is 2.22. The summed E-state index contributed by atoms with van der Waals surface area (Å²) in [5, 5.41) is 2.80. The van der Waals surface area contributed by atoms with Crippen LogP contribution < -0.4 is 15.8 Å². The summed E-state index contributed by atoms with van der Waals surface area (Å²) in [6.45, 7) is 0.475. The molecule has 0 aliphatic heterocycles. The molecule has 3 rings (SSSR count). The van der Waals surface area contributed by atoms with Crippen LogP contribution in [0.5, 0.6) is 5.75 Å². The van der Waals surface area contributed by atoms with Crippen molar-refractivity contribution in [1.29, 1.82) is 0 Å². The highest BCUT2D eigenvalue weighted by Gasteiger charge is 2.04. The second-order valence-electron chi connectivity index (χ2n) is 5.05. The standard InChI is InChI=1S/C17H16N2O4/c20-16(11-22-13-4-2-1-3-5-13)18-9-8-12-6-7-15-14(10-12)19-17(21)23-15/h1-7,10H,8-9,11H2,(H,18,20)(H,19,21). The average molecular weight is 312 g/mol. The molecule has 6 heteroatoms. The zero-order chi connectivity index (χ0) is 16.1. The van der Waals surface area contributed by atoms with E-state index in [1.54, 1.807) is 18.2 Å². The zero-order valence-electron chi connectivity index (χ0n) is 12.4. The Bertz CT molecular complexity index is 852. The lowest BCUT2D eigenvalue weighted by atomic mass is 10.1. The lowest BCUT2D eigenvalue weighted by molar-refractivity contribution is -0.123. The van der Waals surface area contributed by atoms with Gasteiger partial charge in [-0.1, -0.05) is 24.3 Å². The number of hydrogen-bond acceptors (Lipinski definition) is 4. The predicted octanol–water partition coefficient (Wildman–Crippen LogP) is 1.86. The number of carbonyl (C=O) groups is 1. The Morgan fingerprint density at radius 3 is 2.83 bits per heavy atom. The van der Waals surface area contributed by atoms with E-state index in [4.69, 9.17) is 9.15 Å². The van der Waals surface area contributed by atoms with E-state index < -0.39 is 5.76 Å². The van der Waals surface area contributed by atoms with Crippen molar-refractivity contribution >= 4 is 17.0 Å². The summed E-state index contributed by atoms with van der Waals surface area (Å²) in [5.74, 6) is 0.0205. The highest BCUT2D eigenvalue weighted by atomic mass is 16.5. The molecule has 0 saturated heterocycles. The molecule has 1 aromatic heterocycles. The molecular weight excluding hydrogens is 296 g/mol. The summed E-state index contributed by atoms with van der Waals surface area (Å²) in [4.78, 5) is 25.4. The molecule has 0 atom stereocenters. The fourth-order valence-corrected chi connectivity index (χ4v) is 2.22. The van der Waals surface area contributed by atoms with Crippen molar-refractivity contribution in [3.8, 4) is 5.75 Å². The Labute approximate surface area is 132 Å². The predicted molar refractivity (Wildman–Crippen MR) is 85.5 cm³/mol. The van der Waals surface area contributed by atoms with Gasteiger partial charge in [0, 0.05) is 6.54 Å². The summed E-state index contributed by atoms with van der Waals surface area (Å²) in [7, 11) is 0. The minimum absolute atomic E-state index is 0.0158. The fraction of sp³-hybridized carbons (Fsp3) is 0.176. The van der Waals surface area contributed by atoms with E-state index in [1.807, 2.05) is 30.3 Å². The Morgan fingerprint density at radius 1 is 1.17 bits per heavy atom. The van der Waals surface area contributed by atoms with Gasteiger partial charge in [-0.3, -0.25) is 9.78 Å². The van der Waals surface area contributed by atoms with Gasteiger partial charge in [0.2, 0.25) is 0 Å². The largest absolute Gasteiger partial charge is 0.484 e. The molecule has 0 bridgehead atoms. The van der Waals surface area contributed by atoms with Gasteiger partial charge in [0.25, 0.3) is 5.91 Å². The monoisotopic (exact) mass is 312 g/mol. The number of rotatable bonds is 6. The van der Waals surface area contributed by atoms with Gasteiger partial charge in [0.05, 0.1) is 5.52 Å². The molecule has 1 amide bonds. The third kappa shape index (κ3) is 4.00. The average Bonchev–Trinajstić information content (AvgIpc) is 2.93. The van der Waals surface area contributed by atoms with E-state index in [0.29, 0.717) is 29.8 Å². The summed E-state index contributed by atoms with van der Waals surface area (Å²) < 4.78 is 10.3. The van der Waals surface area contributed by atoms with Gasteiger partial charge in [-0.05, 0) is 36.2 Å². The molecule has 0 aliphatic carbocycles. The van der Waals surface area contributed by atoms with Gasteiger partial charge >= 0.3 is 5.76 Å². The number of aromatic nitrogens is 1. The minimum Gasteiger partial charge on any atom is -0.484 e. The molecule has 2 N–H and O–H groups in total. The molecule has 23 heavy (non-hydrogen) atoms. The van der Waals surface area contributed by atoms with Crippen LogP contribution in [0.2, 0.25) is 0 Å². The molecule has 0 fully saturated rings. The number of amides is 1. The lowest BCUT2D eigenvalue weighted by Gasteiger charge is -2.07. The second kappa shape index (κ2) is 6.83. The van der Waals surface area contributed by atoms with Crippen LogP contribution in [0.3, 0.4) is 0 Å². The highest BCUT2D eigenvalue weighted by Crippen LogP contribution is 2.12. The maximum atomic E-state index is 11.7. The van der Waals surface area contributed by atoms with Gasteiger partial charge in [-0.2, -0.15) is 0 Å². The van der Waals surface area contributed by atoms with Crippen LogP contribution in [0.1, 0.15) is 5.56 Å². The second-order valence-corrected chi connectivity index (χ2v) is 5.05. The van der Waals surface area contributed by atoms with Gasteiger partial charge in [-0.25, -0.2) is 4.79 Å². The van der Waals surface area contributed by atoms with Gasteiger partial charge in [0.15, 0.2) is 12.2 Å². The number of aromatic amines is 1. The highest BCUT2D eigenvalue weighted by molar-refractivity contribution is 5.77. The maximum Gasteiger partial charge on any atom is 0.417 e. The molecule has 0 radical (unpaired) electrons. The van der Waals surface area contributed by atoms with Crippen molar-refractivity contribution in [2.75, 3.05) is 13.2 Å². The number of benzene rings is 2. The van der Waals surface area contributed by atoms with Crippen LogP contribution in [0.25, 0.3) is 11.1 Å². The number of para-hydroxylation sites is 1. The molecular formula is C17H16N2O4. The topological polar surface area (TPSA) is 84.3 Å². The zero-order valence-corrected chi connectivity index (χ0v) is 12.4. The summed E-state index contributed by atoms with van der Waals surface area (Å²) in [6.07, 6.45) is 0.653. The minimum atomic E-state index is -0.469. The van der Waals surface area contributed by atoms with E-state index in [-0.39, 0.29) is 12.5 Å². The van der Waals surface area contributed by atoms with Crippen LogP contribution in [0, 0.1) is 0 Å². The molecule has 0 aliphatic rings. The van der Waals surface area contributed by atoms with Crippen molar-refractivity contribution in [2.24, 2.45) is 0 Å². The Morgan fingerprint density at radius 2 is 2.00 bits per heavy atom. The molecule has 118 valence electrons. The van der Waals surface area contributed by atoms with Crippen molar-refractivity contribution in [3.63, 3.8) is 0 Å². The molecule has 3 aromatic rings. The first kappa shape index (κ1) is 14.9. The first-order valence-electron chi connectivity index (χ1n) is 7.27. The van der Waals surface area contributed by atoms with E-state index in [9.17, 15) is 9.59 Å². The molecule has 0 spiro atoms. The third-order valence-corrected chi connectivity index (χ3v) is 3.33. The van der Waals surface area contributed by atoms with Crippen LogP contribution in [0.4, 0.5) is 0 Å². The van der Waals surface area contributed by atoms with Crippen LogP contribution in [0.15, 0.2) is 57.7 Å². The summed E-state index contributed by atoms with van der Waals surface area (Å²) >= 11 is 0. The van der Waals surface area contributed by atoms with E-state index >= 15 is 0 Å². The number of H-pyrrole nitrogens is 1. The van der Waals surface area contributed by atoms with E-state index in [0.717, 1.165) is 5.56 Å². The van der Waals surface area contributed by atoms with Gasteiger partial charge in [0.1, 0.15) is 5.75 Å². The molecule has 1 heterocycles. The first-order chi connectivity index (χ1) is 11.2. The number of oxazole rings is 1. The van der Waals surface area contributed by atoms with Gasteiger partial charge in [-0.15, -0.1) is 0 Å². The lowest BCUT2D eigenvalue weighted by Crippen LogP contribution is -2.30. The third-order valence-electron chi connectivity index (χ3n) is 3.33. The van der Waals surface area contributed by atoms with Crippen molar-refractivity contribution in [1.82, 2.24) is 10.3 Å². The quantitative estimate of drug-likeness (QED) is 0.727. The normalized spacial score (nSPS) is 10.6. The Balaban J connectivity index is 1.46. The van der Waals surface area contributed by atoms with Crippen LogP contribution in [-0.4, -0.2) is 24.0 Å². The summed E-state index contributed by atoms with van der Waals surface area (Å²) in [5.41, 5.74) is 2.18. The van der Waals surface area contributed by atoms with Crippen LogP contribution >= 0.6 is 0 Å².